The zero-order valence-electron chi connectivity index (χ0n) is 8.17. The molecule has 1 atom stereocenters. The van der Waals surface area contributed by atoms with Crippen LogP contribution < -0.4 is 0 Å². The minimum absolute atomic E-state index is 0.00148. The van der Waals surface area contributed by atoms with Crippen molar-refractivity contribution in [3.8, 4) is 0 Å². The lowest BCUT2D eigenvalue weighted by atomic mass is 10.2. The Morgan fingerprint density at radius 2 is 2.33 bits per heavy atom. The smallest absolute Gasteiger partial charge is 0.158 e. The molecule has 0 radical (unpaired) electrons. The van der Waals surface area contributed by atoms with E-state index in [1.807, 2.05) is 0 Å². The number of halogens is 2. The largest absolute Gasteiger partial charge is 0.353 e. The molecular weight excluding hydrogens is 344 g/mol. The highest BCUT2D eigenvalue weighted by Gasteiger charge is 2.14. The van der Waals surface area contributed by atoms with E-state index in [4.69, 9.17) is 9.47 Å². The molecule has 0 amide bonds. The second-order valence-corrected chi connectivity index (χ2v) is 6.75. The van der Waals surface area contributed by atoms with Crippen molar-refractivity contribution in [3.05, 3.63) is 19.2 Å². The first-order valence-electron chi connectivity index (χ1n) is 4.92. The molecule has 1 unspecified atom stereocenters. The van der Waals surface area contributed by atoms with E-state index < -0.39 is 0 Å². The maximum atomic E-state index is 5.68. The van der Waals surface area contributed by atoms with E-state index in [-0.39, 0.29) is 6.29 Å². The normalized spacial score (nSPS) is 21.9. The van der Waals surface area contributed by atoms with Gasteiger partial charge >= 0.3 is 0 Å². The Balaban J connectivity index is 1.81. The zero-order valence-corrected chi connectivity index (χ0v) is 12.2. The molecule has 5 heteroatoms. The Morgan fingerprint density at radius 1 is 1.47 bits per heavy atom. The molecular formula is C10H12Br2O2S. The van der Waals surface area contributed by atoms with Gasteiger partial charge in [0.25, 0.3) is 0 Å². The number of ether oxygens (including phenoxy) is 2. The lowest BCUT2D eigenvalue weighted by Crippen LogP contribution is -2.21. The van der Waals surface area contributed by atoms with Crippen LogP contribution in [0.5, 0.6) is 0 Å². The summed E-state index contributed by atoms with van der Waals surface area (Å²) >= 11 is 8.62. The van der Waals surface area contributed by atoms with Crippen molar-refractivity contribution >= 4 is 43.2 Å². The highest BCUT2D eigenvalue weighted by Crippen LogP contribution is 2.33. The second-order valence-electron chi connectivity index (χ2n) is 3.44. The molecule has 0 aliphatic carbocycles. The third kappa shape index (κ3) is 3.53. The van der Waals surface area contributed by atoms with Crippen molar-refractivity contribution in [1.82, 2.24) is 0 Å². The van der Waals surface area contributed by atoms with Crippen LogP contribution in [0.2, 0.25) is 0 Å². The van der Waals surface area contributed by atoms with Gasteiger partial charge in [0, 0.05) is 16.0 Å². The Morgan fingerprint density at radius 3 is 2.93 bits per heavy atom. The summed E-state index contributed by atoms with van der Waals surface area (Å²) < 4.78 is 13.4. The summed E-state index contributed by atoms with van der Waals surface area (Å²) in [5.41, 5.74) is 0. The fourth-order valence-electron chi connectivity index (χ4n) is 1.48. The Bertz CT molecular complexity index is 302. The zero-order chi connectivity index (χ0) is 10.7. The van der Waals surface area contributed by atoms with Gasteiger partial charge in [-0.1, -0.05) is 0 Å². The molecule has 1 fully saturated rings. The fraction of sp³-hybridized carbons (Fsp3) is 0.600. The molecule has 2 rings (SSSR count). The van der Waals surface area contributed by atoms with Crippen molar-refractivity contribution < 1.29 is 9.47 Å². The van der Waals surface area contributed by atoms with Gasteiger partial charge in [-0.2, -0.15) is 0 Å². The van der Waals surface area contributed by atoms with E-state index >= 15 is 0 Å². The summed E-state index contributed by atoms with van der Waals surface area (Å²) in [5.74, 6) is 0. The molecule has 0 aromatic carbocycles. The van der Waals surface area contributed by atoms with Crippen LogP contribution in [0, 0.1) is 0 Å². The van der Waals surface area contributed by atoms with E-state index in [1.54, 1.807) is 11.3 Å². The Labute approximate surface area is 110 Å². The van der Waals surface area contributed by atoms with Gasteiger partial charge in [-0.15, -0.1) is 11.3 Å². The highest BCUT2D eigenvalue weighted by molar-refractivity contribution is 9.13. The van der Waals surface area contributed by atoms with Crippen LogP contribution in [0.25, 0.3) is 0 Å². The molecule has 1 aromatic heterocycles. The van der Waals surface area contributed by atoms with E-state index in [0.717, 1.165) is 27.7 Å². The van der Waals surface area contributed by atoms with Gasteiger partial charge in [0.2, 0.25) is 0 Å². The van der Waals surface area contributed by atoms with Crippen LogP contribution in [0.15, 0.2) is 14.3 Å². The molecule has 0 saturated carbocycles. The second kappa shape index (κ2) is 5.77. The van der Waals surface area contributed by atoms with Gasteiger partial charge in [-0.3, -0.25) is 0 Å². The predicted octanol–water partition coefficient (Wildman–Crippen LogP) is 4.32. The first-order chi connectivity index (χ1) is 7.25. The van der Waals surface area contributed by atoms with Gasteiger partial charge in [-0.05, 0) is 57.2 Å². The standard InChI is InChI=1S/C10H12Br2O2S/c11-8-5-7(15-10(8)12)6-14-9-3-1-2-4-13-9/h5,9H,1-4,6H2. The summed E-state index contributed by atoms with van der Waals surface area (Å²) in [6.07, 6.45) is 3.39. The van der Waals surface area contributed by atoms with Gasteiger partial charge in [-0.25, -0.2) is 0 Å². The van der Waals surface area contributed by atoms with Crippen LogP contribution >= 0.6 is 43.2 Å². The molecule has 2 heterocycles. The fourth-order valence-corrected chi connectivity index (χ4v) is 3.58. The molecule has 2 nitrogen and oxygen atoms in total. The monoisotopic (exact) mass is 354 g/mol. The topological polar surface area (TPSA) is 18.5 Å². The molecule has 1 aliphatic rings. The quantitative estimate of drug-likeness (QED) is 0.803. The number of rotatable bonds is 3. The van der Waals surface area contributed by atoms with Crippen LogP contribution in [-0.4, -0.2) is 12.9 Å². The van der Waals surface area contributed by atoms with E-state index in [2.05, 4.69) is 37.9 Å². The maximum Gasteiger partial charge on any atom is 0.158 e. The molecule has 0 spiro atoms. The summed E-state index contributed by atoms with van der Waals surface area (Å²) in [6.45, 7) is 1.47. The minimum Gasteiger partial charge on any atom is -0.353 e. The van der Waals surface area contributed by atoms with Crippen molar-refractivity contribution in [2.75, 3.05) is 6.61 Å². The number of thiophene rings is 1. The molecule has 0 N–H and O–H groups in total. The van der Waals surface area contributed by atoms with Gasteiger partial charge in [0.1, 0.15) is 0 Å². The average molecular weight is 356 g/mol. The van der Waals surface area contributed by atoms with Crippen LogP contribution in [-0.2, 0) is 16.1 Å². The summed E-state index contributed by atoms with van der Waals surface area (Å²) in [4.78, 5) is 1.21. The third-order valence-electron chi connectivity index (χ3n) is 2.25. The van der Waals surface area contributed by atoms with E-state index in [0.29, 0.717) is 6.61 Å². The van der Waals surface area contributed by atoms with Crippen LogP contribution in [0.4, 0.5) is 0 Å². The number of hydrogen-bond acceptors (Lipinski definition) is 3. The van der Waals surface area contributed by atoms with Crippen molar-refractivity contribution in [1.29, 1.82) is 0 Å². The first kappa shape index (κ1) is 12.0. The molecule has 0 bridgehead atoms. The molecule has 84 valence electrons. The van der Waals surface area contributed by atoms with Crippen molar-refractivity contribution in [3.63, 3.8) is 0 Å². The summed E-state index contributed by atoms with van der Waals surface area (Å²) in [5, 5.41) is 0. The molecule has 1 aliphatic heterocycles. The van der Waals surface area contributed by atoms with Gasteiger partial charge < -0.3 is 9.47 Å². The minimum atomic E-state index is -0.00148. The third-order valence-corrected chi connectivity index (χ3v) is 5.48. The Kier molecular flexibility index (Phi) is 4.64. The van der Waals surface area contributed by atoms with Crippen LogP contribution in [0.1, 0.15) is 24.1 Å². The average Bonchev–Trinajstić information content (AvgIpc) is 2.57. The maximum absolute atomic E-state index is 5.68. The summed E-state index contributed by atoms with van der Waals surface area (Å²) in [7, 11) is 0. The van der Waals surface area contributed by atoms with E-state index in [1.165, 1.54) is 11.3 Å². The lowest BCUT2D eigenvalue weighted by Gasteiger charge is -2.22. The van der Waals surface area contributed by atoms with Crippen molar-refractivity contribution in [2.24, 2.45) is 0 Å². The molecule has 15 heavy (non-hydrogen) atoms. The lowest BCUT2D eigenvalue weighted by molar-refractivity contribution is -0.168. The van der Waals surface area contributed by atoms with Gasteiger partial charge in [0.15, 0.2) is 6.29 Å². The first-order valence-corrected chi connectivity index (χ1v) is 7.33. The SMILES string of the molecule is Brc1cc(COC2CCCCO2)sc1Br. The predicted molar refractivity (Wildman–Crippen MR) is 68.1 cm³/mol. The molecule has 1 saturated heterocycles. The van der Waals surface area contributed by atoms with Crippen molar-refractivity contribution in [2.45, 2.75) is 32.2 Å². The van der Waals surface area contributed by atoms with Crippen LogP contribution in [0.3, 0.4) is 0 Å². The highest BCUT2D eigenvalue weighted by atomic mass is 79.9. The number of hydrogen-bond donors (Lipinski definition) is 0. The molecule has 1 aromatic rings. The summed E-state index contributed by atoms with van der Waals surface area (Å²) in [6, 6.07) is 2.08. The van der Waals surface area contributed by atoms with Gasteiger partial charge in [0.05, 0.1) is 10.4 Å². The Hall–Kier alpha value is 0.580. The van der Waals surface area contributed by atoms with E-state index in [9.17, 15) is 0 Å².